The van der Waals surface area contributed by atoms with Crippen molar-refractivity contribution >= 4 is 37.0 Å². The summed E-state index contributed by atoms with van der Waals surface area (Å²) in [6, 6.07) is 17.2. The van der Waals surface area contributed by atoms with Gasteiger partial charge in [-0.2, -0.15) is 0 Å². The van der Waals surface area contributed by atoms with Gasteiger partial charge in [0.25, 0.3) is 0 Å². The predicted molar refractivity (Wildman–Crippen MR) is 79.6 cm³/mol. The third-order valence-corrected chi connectivity index (χ3v) is 4.46. The van der Waals surface area contributed by atoms with Crippen LogP contribution in [0, 0.1) is 0 Å². The van der Waals surface area contributed by atoms with E-state index in [-0.39, 0.29) is 0 Å². The Balaban J connectivity index is 2.51. The topological polar surface area (TPSA) is 37.3 Å². The molecule has 96 valence electrons. The van der Waals surface area contributed by atoms with E-state index in [0.29, 0.717) is 20.5 Å². The molecule has 2 aromatic rings. The molecule has 2 aromatic carbocycles. The van der Waals surface area contributed by atoms with Crippen molar-refractivity contribution in [2.45, 2.75) is 5.82 Å². The molecule has 0 saturated heterocycles. The summed E-state index contributed by atoms with van der Waals surface area (Å²) < 4.78 is 1.21. The van der Waals surface area contributed by atoms with Crippen LogP contribution < -0.4 is 4.46 Å². The summed E-state index contributed by atoms with van der Waals surface area (Å²) in [4.78, 5) is 11.4. The van der Waals surface area contributed by atoms with E-state index in [1.807, 2.05) is 48.5 Å². The Morgan fingerprint density at radius 1 is 1.05 bits per heavy atom. The standard InChI is InChI=1S/C16H14O2Se/c1-19-15-10-6-5-9-13(15)11-14(16(17)18)12-7-3-2-4-8-12/h2-11H,1H3,(H,17,18)/b14-11+. The Bertz CT molecular complexity index is 603. The van der Waals surface area contributed by atoms with Gasteiger partial charge in [0.15, 0.2) is 0 Å². The van der Waals surface area contributed by atoms with Crippen LogP contribution in [0.15, 0.2) is 54.6 Å². The SMILES string of the molecule is C[Se]c1ccccc1/C=C(/C(=O)O)c1ccccc1. The summed E-state index contributed by atoms with van der Waals surface area (Å²) in [6.45, 7) is 0. The van der Waals surface area contributed by atoms with Crippen LogP contribution in [0.3, 0.4) is 0 Å². The van der Waals surface area contributed by atoms with E-state index < -0.39 is 5.97 Å². The fourth-order valence-corrected chi connectivity index (χ4v) is 3.04. The molecule has 0 fully saturated rings. The van der Waals surface area contributed by atoms with E-state index in [1.54, 1.807) is 6.08 Å². The molecular weight excluding hydrogens is 303 g/mol. The van der Waals surface area contributed by atoms with E-state index in [2.05, 4.69) is 11.9 Å². The molecule has 0 atom stereocenters. The van der Waals surface area contributed by atoms with Gasteiger partial charge in [0, 0.05) is 0 Å². The van der Waals surface area contributed by atoms with Gasteiger partial charge in [0.2, 0.25) is 0 Å². The number of benzene rings is 2. The molecule has 0 heterocycles. The maximum atomic E-state index is 11.4. The van der Waals surface area contributed by atoms with Crippen molar-refractivity contribution in [3.63, 3.8) is 0 Å². The Kier molecular flexibility index (Phi) is 4.56. The summed E-state index contributed by atoms with van der Waals surface area (Å²) in [5, 5.41) is 9.39. The number of carboxylic acids is 1. The molecule has 2 rings (SSSR count). The Labute approximate surface area is 118 Å². The van der Waals surface area contributed by atoms with Gasteiger partial charge < -0.3 is 0 Å². The average Bonchev–Trinajstić information content (AvgIpc) is 2.45. The molecule has 2 nitrogen and oxygen atoms in total. The molecule has 19 heavy (non-hydrogen) atoms. The second kappa shape index (κ2) is 6.37. The number of carbonyl (C=O) groups is 1. The van der Waals surface area contributed by atoms with Gasteiger partial charge in [-0.15, -0.1) is 0 Å². The first-order valence-electron chi connectivity index (χ1n) is 5.86. The van der Waals surface area contributed by atoms with Crippen LogP contribution in [-0.4, -0.2) is 26.0 Å². The Morgan fingerprint density at radius 2 is 1.68 bits per heavy atom. The number of aliphatic carboxylic acids is 1. The summed E-state index contributed by atoms with van der Waals surface area (Å²) in [6.07, 6.45) is 1.76. The molecule has 0 aliphatic rings. The van der Waals surface area contributed by atoms with Gasteiger partial charge in [-0.3, -0.25) is 0 Å². The zero-order valence-electron chi connectivity index (χ0n) is 10.5. The molecule has 0 unspecified atom stereocenters. The molecule has 3 heteroatoms. The maximum absolute atomic E-state index is 11.4. The van der Waals surface area contributed by atoms with E-state index in [4.69, 9.17) is 0 Å². The molecule has 0 aliphatic carbocycles. The van der Waals surface area contributed by atoms with Crippen LogP contribution in [0.5, 0.6) is 0 Å². The van der Waals surface area contributed by atoms with Crippen LogP contribution in [0.2, 0.25) is 5.82 Å². The van der Waals surface area contributed by atoms with Crippen LogP contribution in [0.1, 0.15) is 11.1 Å². The Morgan fingerprint density at radius 3 is 2.32 bits per heavy atom. The minimum absolute atomic E-state index is 0.331. The number of carboxylic acid groups (broad SMARTS) is 1. The fourth-order valence-electron chi connectivity index (χ4n) is 1.83. The van der Waals surface area contributed by atoms with Gasteiger partial charge in [-0.25, -0.2) is 0 Å². The first-order valence-corrected chi connectivity index (χ1v) is 8.43. The van der Waals surface area contributed by atoms with Crippen molar-refractivity contribution < 1.29 is 9.90 Å². The predicted octanol–water partition coefficient (Wildman–Crippen LogP) is 2.69. The third kappa shape index (κ3) is 3.34. The minimum atomic E-state index is -0.899. The molecule has 0 amide bonds. The summed E-state index contributed by atoms with van der Waals surface area (Å²) in [5.74, 6) is 1.23. The fraction of sp³-hybridized carbons (Fsp3) is 0.0625. The molecule has 0 aliphatic heterocycles. The number of hydrogen-bond acceptors (Lipinski definition) is 1. The van der Waals surface area contributed by atoms with Crippen molar-refractivity contribution in [1.82, 2.24) is 0 Å². The first-order chi connectivity index (χ1) is 9.22. The first kappa shape index (κ1) is 13.6. The molecule has 0 aromatic heterocycles. The molecule has 0 radical (unpaired) electrons. The van der Waals surface area contributed by atoms with Crippen molar-refractivity contribution in [3.8, 4) is 0 Å². The third-order valence-electron chi connectivity index (χ3n) is 2.75. The molecule has 0 spiro atoms. The van der Waals surface area contributed by atoms with Gasteiger partial charge >= 0.3 is 118 Å². The zero-order chi connectivity index (χ0) is 13.7. The summed E-state index contributed by atoms with van der Waals surface area (Å²) >= 11 is 0.341. The van der Waals surface area contributed by atoms with E-state index in [0.717, 1.165) is 11.1 Å². The van der Waals surface area contributed by atoms with E-state index in [9.17, 15) is 9.90 Å². The molecule has 0 saturated carbocycles. The second-order valence-corrected chi connectivity index (χ2v) is 5.75. The average molecular weight is 317 g/mol. The van der Waals surface area contributed by atoms with Crippen molar-refractivity contribution in [2.75, 3.05) is 0 Å². The zero-order valence-corrected chi connectivity index (χ0v) is 12.3. The van der Waals surface area contributed by atoms with Crippen LogP contribution >= 0.6 is 0 Å². The van der Waals surface area contributed by atoms with Gasteiger partial charge in [-0.1, -0.05) is 0 Å². The van der Waals surface area contributed by atoms with Gasteiger partial charge in [-0.05, 0) is 0 Å². The molecular formula is C16H14O2Se. The quantitative estimate of drug-likeness (QED) is 0.535. The number of rotatable bonds is 4. The number of hydrogen-bond donors (Lipinski definition) is 1. The normalized spacial score (nSPS) is 11.3. The Hall–Kier alpha value is -1.83. The van der Waals surface area contributed by atoms with Crippen molar-refractivity contribution in [2.24, 2.45) is 0 Å². The van der Waals surface area contributed by atoms with Crippen LogP contribution in [0.4, 0.5) is 0 Å². The van der Waals surface area contributed by atoms with Crippen molar-refractivity contribution in [3.05, 3.63) is 65.7 Å². The van der Waals surface area contributed by atoms with Crippen LogP contribution in [0.25, 0.3) is 11.6 Å². The molecule has 0 bridgehead atoms. The van der Waals surface area contributed by atoms with Crippen LogP contribution in [-0.2, 0) is 4.79 Å². The van der Waals surface area contributed by atoms with Gasteiger partial charge in [0.05, 0.1) is 0 Å². The van der Waals surface area contributed by atoms with Gasteiger partial charge in [0.1, 0.15) is 0 Å². The summed E-state index contributed by atoms with van der Waals surface area (Å²) in [5.41, 5.74) is 2.05. The summed E-state index contributed by atoms with van der Waals surface area (Å²) in [7, 11) is 0. The van der Waals surface area contributed by atoms with E-state index in [1.165, 1.54) is 4.46 Å². The monoisotopic (exact) mass is 318 g/mol. The van der Waals surface area contributed by atoms with E-state index >= 15 is 0 Å². The molecule has 1 N–H and O–H groups in total. The van der Waals surface area contributed by atoms with Crippen molar-refractivity contribution in [1.29, 1.82) is 0 Å². The second-order valence-electron chi connectivity index (χ2n) is 3.97.